The van der Waals surface area contributed by atoms with E-state index in [1.54, 1.807) is 19.1 Å². The number of hydrogen-bond acceptors (Lipinski definition) is 4. The van der Waals surface area contributed by atoms with Crippen LogP contribution in [0, 0.1) is 18.8 Å². The van der Waals surface area contributed by atoms with Crippen molar-refractivity contribution in [2.24, 2.45) is 0 Å². The van der Waals surface area contributed by atoms with E-state index >= 15 is 0 Å². The van der Waals surface area contributed by atoms with Gasteiger partial charge in [0.05, 0.1) is 18.0 Å². The Balaban J connectivity index is 2.79. The first kappa shape index (κ1) is 12.9. The molecule has 0 aromatic heterocycles. The Hall–Kier alpha value is -2.15. The van der Waals surface area contributed by atoms with Gasteiger partial charge in [0.2, 0.25) is 0 Å². The number of carbonyl (C=O) groups is 1. The maximum absolute atomic E-state index is 11.1. The molecule has 0 bridgehead atoms. The van der Waals surface area contributed by atoms with Crippen molar-refractivity contribution >= 4 is 17.3 Å². The van der Waals surface area contributed by atoms with E-state index in [0.29, 0.717) is 18.0 Å². The number of hydrogen-bond donors (Lipinski definition) is 2. The van der Waals surface area contributed by atoms with Gasteiger partial charge in [-0.2, -0.15) is 0 Å². The van der Waals surface area contributed by atoms with Crippen molar-refractivity contribution in [3.63, 3.8) is 0 Å². The Kier molecular flexibility index (Phi) is 4.41. The average molecular weight is 232 g/mol. The van der Waals surface area contributed by atoms with Crippen LogP contribution in [0.25, 0.3) is 0 Å². The third-order valence-corrected chi connectivity index (χ3v) is 2.19. The van der Waals surface area contributed by atoms with Gasteiger partial charge in [-0.15, -0.1) is 0 Å². The summed E-state index contributed by atoms with van der Waals surface area (Å²) < 4.78 is 4.77. The van der Waals surface area contributed by atoms with Crippen LogP contribution in [-0.2, 0) is 9.53 Å². The third kappa shape index (κ3) is 3.72. The van der Waals surface area contributed by atoms with Crippen LogP contribution < -0.4 is 11.5 Å². The van der Waals surface area contributed by atoms with Crippen LogP contribution in [0.3, 0.4) is 0 Å². The van der Waals surface area contributed by atoms with Crippen LogP contribution in [0.5, 0.6) is 0 Å². The fourth-order valence-electron chi connectivity index (χ4n) is 1.31. The lowest BCUT2D eigenvalue weighted by atomic mass is 10.1. The Morgan fingerprint density at radius 3 is 2.65 bits per heavy atom. The summed E-state index contributed by atoms with van der Waals surface area (Å²) in [5.74, 6) is 5.32. The van der Waals surface area contributed by atoms with Gasteiger partial charge in [0.1, 0.15) is 6.42 Å². The molecule has 0 heterocycles. The molecule has 0 spiro atoms. The minimum Gasteiger partial charge on any atom is -0.465 e. The predicted octanol–water partition coefficient (Wildman–Crippen LogP) is 1.46. The van der Waals surface area contributed by atoms with Gasteiger partial charge in [-0.25, -0.2) is 0 Å². The molecule has 0 saturated carbocycles. The molecular formula is C13H16N2O2. The highest BCUT2D eigenvalue weighted by Gasteiger charge is 2.01. The predicted molar refractivity (Wildman–Crippen MR) is 68.1 cm³/mol. The lowest BCUT2D eigenvalue weighted by Gasteiger charge is -2.03. The van der Waals surface area contributed by atoms with Gasteiger partial charge in [-0.1, -0.05) is 11.8 Å². The summed E-state index contributed by atoms with van der Waals surface area (Å²) in [5, 5.41) is 0. The molecule has 0 saturated heterocycles. The summed E-state index contributed by atoms with van der Waals surface area (Å²) in [6.45, 7) is 4.02. The SMILES string of the molecule is CCOC(=O)CC#Cc1cc(N)c(N)cc1C. The lowest BCUT2D eigenvalue weighted by molar-refractivity contribution is -0.141. The number of anilines is 2. The van der Waals surface area contributed by atoms with Gasteiger partial charge in [0, 0.05) is 5.56 Å². The van der Waals surface area contributed by atoms with E-state index in [1.807, 2.05) is 6.92 Å². The van der Waals surface area contributed by atoms with Crippen molar-refractivity contribution in [3.05, 3.63) is 23.3 Å². The molecule has 4 heteroatoms. The van der Waals surface area contributed by atoms with E-state index in [0.717, 1.165) is 11.1 Å². The lowest BCUT2D eigenvalue weighted by Crippen LogP contribution is -2.01. The van der Waals surface area contributed by atoms with Crippen molar-refractivity contribution in [2.45, 2.75) is 20.3 Å². The summed E-state index contributed by atoms with van der Waals surface area (Å²) in [4.78, 5) is 11.1. The zero-order valence-electron chi connectivity index (χ0n) is 10.0. The van der Waals surface area contributed by atoms with Gasteiger partial charge in [0.25, 0.3) is 0 Å². The molecule has 17 heavy (non-hydrogen) atoms. The van der Waals surface area contributed by atoms with Crippen LogP contribution in [-0.4, -0.2) is 12.6 Å². The van der Waals surface area contributed by atoms with Crippen molar-refractivity contribution in [2.75, 3.05) is 18.1 Å². The number of ether oxygens (including phenoxy) is 1. The van der Waals surface area contributed by atoms with E-state index in [4.69, 9.17) is 16.2 Å². The summed E-state index contributed by atoms with van der Waals surface area (Å²) in [6.07, 6.45) is 0.0809. The smallest absolute Gasteiger partial charge is 0.317 e. The second kappa shape index (κ2) is 5.80. The first-order valence-corrected chi connectivity index (χ1v) is 5.34. The van der Waals surface area contributed by atoms with Crippen molar-refractivity contribution in [3.8, 4) is 11.8 Å². The molecule has 4 nitrogen and oxygen atoms in total. The van der Waals surface area contributed by atoms with E-state index in [-0.39, 0.29) is 12.4 Å². The Bertz CT molecular complexity index is 484. The number of rotatable bonds is 2. The van der Waals surface area contributed by atoms with Crippen LogP contribution in [0.1, 0.15) is 24.5 Å². The number of carbonyl (C=O) groups excluding carboxylic acids is 1. The maximum atomic E-state index is 11.1. The minimum absolute atomic E-state index is 0.0809. The van der Waals surface area contributed by atoms with Gasteiger partial charge < -0.3 is 16.2 Å². The molecule has 0 aliphatic rings. The molecule has 1 aromatic rings. The molecule has 0 amide bonds. The topological polar surface area (TPSA) is 78.3 Å². The van der Waals surface area contributed by atoms with Gasteiger partial charge in [-0.05, 0) is 31.5 Å². The molecule has 0 radical (unpaired) electrons. The van der Waals surface area contributed by atoms with Gasteiger partial charge >= 0.3 is 5.97 Å². The monoisotopic (exact) mass is 232 g/mol. The molecule has 90 valence electrons. The van der Waals surface area contributed by atoms with Crippen LogP contribution in [0.2, 0.25) is 0 Å². The standard InChI is InChI=1S/C13H16N2O2/c1-3-17-13(16)6-4-5-10-8-12(15)11(14)7-9(10)2/h7-8H,3,6,14-15H2,1-2H3. The third-order valence-electron chi connectivity index (χ3n) is 2.19. The fourth-order valence-corrected chi connectivity index (χ4v) is 1.31. The van der Waals surface area contributed by atoms with Crippen molar-refractivity contribution in [1.29, 1.82) is 0 Å². The highest BCUT2D eigenvalue weighted by atomic mass is 16.5. The largest absolute Gasteiger partial charge is 0.465 e. The highest BCUT2D eigenvalue weighted by molar-refractivity contribution is 5.73. The second-order valence-corrected chi connectivity index (χ2v) is 3.58. The normalized spacial score (nSPS) is 9.29. The van der Waals surface area contributed by atoms with E-state index < -0.39 is 0 Å². The number of aryl methyl sites for hydroxylation is 1. The van der Waals surface area contributed by atoms with Crippen molar-refractivity contribution in [1.82, 2.24) is 0 Å². The minimum atomic E-state index is -0.318. The van der Waals surface area contributed by atoms with Crippen LogP contribution in [0.4, 0.5) is 11.4 Å². The van der Waals surface area contributed by atoms with Crippen molar-refractivity contribution < 1.29 is 9.53 Å². The van der Waals surface area contributed by atoms with Gasteiger partial charge in [-0.3, -0.25) is 4.79 Å². The highest BCUT2D eigenvalue weighted by Crippen LogP contribution is 2.19. The molecule has 0 aliphatic heterocycles. The van der Waals surface area contributed by atoms with Crippen LogP contribution >= 0.6 is 0 Å². The maximum Gasteiger partial charge on any atom is 0.317 e. The molecule has 0 atom stereocenters. The zero-order valence-corrected chi connectivity index (χ0v) is 10.0. The molecule has 4 N–H and O–H groups in total. The molecule has 1 rings (SSSR count). The number of nitrogens with two attached hydrogens (primary N) is 2. The molecule has 1 aromatic carbocycles. The van der Waals surface area contributed by atoms with E-state index in [9.17, 15) is 4.79 Å². The fraction of sp³-hybridized carbons (Fsp3) is 0.308. The molecule has 0 aliphatic carbocycles. The van der Waals surface area contributed by atoms with E-state index in [2.05, 4.69) is 11.8 Å². The summed E-state index contributed by atoms with van der Waals surface area (Å²) in [6, 6.07) is 3.48. The number of nitrogen functional groups attached to an aromatic ring is 2. The first-order chi connectivity index (χ1) is 8.04. The number of benzene rings is 1. The van der Waals surface area contributed by atoms with E-state index in [1.165, 1.54) is 0 Å². The summed E-state index contributed by atoms with van der Waals surface area (Å²) in [7, 11) is 0. The average Bonchev–Trinajstić information content (AvgIpc) is 2.26. The first-order valence-electron chi connectivity index (χ1n) is 5.34. The Morgan fingerprint density at radius 1 is 1.35 bits per heavy atom. The molecule has 0 fully saturated rings. The molecular weight excluding hydrogens is 216 g/mol. The van der Waals surface area contributed by atoms with Gasteiger partial charge in [0.15, 0.2) is 0 Å². The molecule has 0 unspecified atom stereocenters. The number of esters is 1. The quantitative estimate of drug-likeness (QED) is 0.459. The Morgan fingerprint density at radius 2 is 2.00 bits per heavy atom. The Labute approximate surface area is 101 Å². The van der Waals surface area contributed by atoms with Crippen LogP contribution in [0.15, 0.2) is 12.1 Å². The zero-order chi connectivity index (χ0) is 12.8. The summed E-state index contributed by atoms with van der Waals surface area (Å²) in [5.41, 5.74) is 14.1. The second-order valence-electron chi connectivity index (χ2n) is 3.58. The summed E-state index contributed by atoms with van der Waals surface area (Å²) >= 11 is 0.